The number of fused-ring (bicyclic) bond motifs is 1. The van der Waals surface area contributed by atoms with Crippen molar-refractivity contribution in [2.45, 2.75) is 32.4 Å². The number of carbonyl (C=O) groups excluding carboxylic acids is 1. The van der Waals surface area contributed by atoms with Crippen LogP contribution in [0.3, 0.4) is 0 Å². The molecule has 4 rings (SSSR count). The van der Waals surface area contributed by atoms with Gasteiger partial charge in [0.2, 0.25) is 28.6 Å². The Morgan fingerprint density at radius 2 is 2.09 bits per heavy atom. The van der Waals surface area contributed by atoms with Crippen LogP contribution in [0.15, 0.2) is 18.6 Å². The van der Waals surface area contributed by atoms with Gasteiger partial charge in [0.15, 0.2) is 11.2 Å². The highest BCUT2D eigenvalue weighted by Crippen LogP contribution is 2.30. The van der Waals surface area contributed by atoms with Crippen LogP contribution in [0.1, 0.15) is 25.3 Å². The van der Waals surface area contributed by atoms with E-state index < -0.39 is 10.9 Å². The molecule has 1 aliphatic heterocycles. The number of aryl methyl sites for hydroxylation is 1. The normalized spacial score (nSPS) is 16.0. The number of likely N-dealkylation sites (tertiary alicyclic amines) is 1. The molecular weight excluding hydrogens is 450 g/mol. The molecule has 3 aromatic heterocycles. The molecule has 4 heterocycles. The number of methoxy groups -OCH3 is 1. The first-order valence-corrected chi connectivity index (χ1v) is 11.6. The molecule has 1 unspecified atom stereocenters. The van der Waals surface area contributed by atoms with E-state index >= 15 is 0 Å². The molecule has 3 aromatic rings. The van der Waals surface area contributed by atoms with Crippen molar-refractivity contribution in [1.29, 1.82) is 0 Å². The van der Waals surface area contributed by atoms with Gasteiger partial charge in [0.1, 0.15) is 18.3 Å². The molecular formula is C20H25N7O5S. The summed E-state index contributed by atoms with van der Waals surface area (Å²) in [5.41, 5.74) is 2.29. The quantitative estimate of drug-likeness (QED) is 0.444. The Hall–Kier alpha value is -3.32. The first kappa shape index (κ1) is 22.9. The summed E-state index contributed by atoms with van der Waals surface area (Å²) in [6, 6.07) is 1.76. The van der Waals surface area contributed by atoms with Crippen LogP contribution in [0, 0.1) is 0 Å². The molecule has 33 heavy (non-hydrogen) atoms. The van der Waals surface area contributed by atoms with E-state index in [2.05, 4.69) is 19.7 Å². The van der Waals surface area contributed by atoms with E-state index in [9.17, 15) is 13.2 Å². The van der Waals surface area contributed by atoms with Gasteiger partial charge in [-0.25, -0.2) is 28.1 Å². The third-order valence-electron chi connectivity index (χ3n) is 5.48. The highest BCUT2D eigenvalue weighted by atomic mass is 32.2. The summed E-state index contributed by atoms with van der Waals surface area (Å²) in [5.74, 6) is 1.34. The molecule has 0 aliphatic carbocycles. The van der Waals surface area contributed by atoms with Crippen LogP contribution < -0.4 is 14.2 Å². The lowest BCUT2D eigenvalue weighted by molar-refractivity contribution is -0.130. The molecule has 0 radical (unpaired) electrons. The minimum absolute atomic E-state index is 0.0372. The van der Waals surface area contributed by atoms with Gasteiger partial charge in [0, 0.05) is 50.3 Å². The number of carbonyl (C=O) groups is 1. The van der Waals surface area contributed by atoms with Crippen LogP contribution in [-0.4, -0.2) is 70.0 Å². The minimum atomic E-state index is -2.76. The molecule has 0 bridgehead atoms. The summed E-state index contributed by atoms with van der Waals surface area (Å²) < 4.78 is 37.4. The second-order valence-electron chi connectivity index (χ2n) is 7.55. The summed E-state index contributed by atoms with van der Waals surface area (Å²) >= 11 is 0. The fourth-order valence-electron chi connectivity index (χ4n) is 3.84. The van der Waals surface area contributed by atoms with Crippen molar-refractivity contribution in [2.75, 3.05) is 20.2 Å². The van der Waals surface area contributed by atoms with Gasteiger partial charge in [-0.2, -0.15) is 4.98 Å². The highest BCUT2D eigenvalue weighted by Gasteiger charge is 2.28. The monoisotopic (exact) mass is 475 g/mol. The lowest BCUT2D eigenvalue weighted by Gasteiger charge is -2.16. The van der Waals surface area contributed by atoms with Crippen molar-refractivity contribution in [2.24, 2.45) is 7.05 Å². The number of rotatable bonds is 8. The Labute approximate surface area is 192 Å². The number of ether oxygens (including phenoxy) is 2. The predicted octanol–water partition coefficient (Wildman–Crippen LogP) is 0.440. The predicted molar refractivity (Wildman–Crippen MR) is 119 cm³/mol. The number of nitrogens with one attached hydrogen (secondary N) is 1. The van der Waals surface area contributed by atoms with Crippen LogP contribution in [-0.2, 0) is 29.3 Å². The number of nitrogens with zero attached hydrogens (tertiary/aromatic N) is 6. The maximum atomic E-state index is 12.0. The Bertz CT molecular complexity index is 1250. The maximum absolute atomic E-state index is 12.0. The number of aromatic nitrogens is 5. The number of hydrogen-bond donors (Lipinski definition) is 2. The van der Waals surface area contributed by atoms with E-state index in [1.54, 1.807) is 21.7 Å². The fourth-order valence-corrected chi connectivity index (χ4v) is 4.13. The number of thiol groups is 1. The van der Waals surface area contributed by atoms with Crippen molar-refractivity contribution in [3.63, 3.8) is 0 Å². The molecule has 0 spiro atoms. The third-order valence-corrected chi connectivity index (χ3v) is 5.89. The van der Waals surface area contributed by atoms with E-state index in [1.807, 2.05) is 14.0 Å². The van der Waals surface area contributed by atoms with Crippen LogP contribution in [0.2, 0.25) is 0 Å². The lowest BCUT2D eigenvalue weighted by atomic mass is 10.2. The molecule has 1 fully saturated rings. The van der Waals surface area contributed by atoms with Gasteiger partial charge in [-0.15, -0.1) is 0 Å². The lowest BCUT2D eigenvalue weighted by Crippen LogP contribution is -2.30. The minimum Gasteiger partial charge on any atom is -0.481 e. The van der Waals surface area contributed by atoms with Crippen molar-refractivity contribution in [3.05, 3.63) is 24.2 Å². The fraction of sp³-hybridized carbons (Fsp3) is 0.450. The first-order valence-electron chi connectivity index (χ1n) is 10.4. The average Bonchev–Trinajstić information content (AvgIpc) is 3.42. The topological polar surface area (TPSA) is 141 Å². The first-order chi connectivity index (χ1) is 15.9. The summed E-state index contributed by atoms with van der Waals surface area (Å²) in [6.07, 6.45) is 4.03. The van der Waals surface area contributed by atoms with Crippen molar-refractivity contribution in [1.82, 2.24) is 34.1 Å². The van der Waals surface area contributed by atoms with E-state index in [4.69, 9.17) is 14.5 Å². The van der Waals surface area contributed by atoms with Gasteiger partial charge < -0.3 is 18.9 Å². The standard InChI is InChI=1S/C20H25N7O5S/c1-4-15(28)27-6-5-14(10-27)32-20-16-18(22-11-23-20)26(2)17(25-16)12-7-13(9-24-33(29)30)19(31-3)21-8-12/h7-8,11,14,33H,4-6,9-10H2,1-3H3,(H,24,29,30). The zero-order valence-corrected chi connectivity index (χ0v) is 19.4. The van der Waals surface area contributed by atoms with Gasteiger partial charge >= 0.3 is 0 Å². The summed E-state index contributed by atoms with van der Waals surface area (Å²) in [7, 11) is 0.521. The Balaban J connectivity index is 1.65. The third kappa shape index (κ3) is 4.73. The zero-order valence-electron chi connectivity index (χ0n) is 18.5. The van der Waals surface area contributed by atoms with Crippen molar-refractivity contribution < 1.29 is 22.7 Å². The van der Waals surface area contributed by atoms with Gasteiger partial charge in [0.05, 0.1) is 13.7 Å². The number of imidazole rings is 1. The van der Waals surface area contributed by atoms with Crippen LogP contribution in [0.4, 0.5) is 0 Å². The molecule has 0 aromatic carbocycles. The van der Waals surface area contributed by atoms with Crippen LogP contribution in [0.25, 0.3) is 22.6 Å². The molecule has 0 saturated carbocycles. The second-order valence-corrected chi connectivity index (χ2v) is 8.38. The second kappa shape index (κ2) is 9.67. The van der Waals surface area contributed by atoms with Gasteiger partial charge in [-0.05, 0) is 6.07 Å². The highest BCUT2D eigenvalue weighted by molar-refractivity contribution is 7.70. The van der Waals surface area contributed by atoms with Gasteiger partial charge in [-0.3, -0.25) is 4.79 Å². The van der Waals surface area contributed by atoms with Gasteiger partial charge in [0.25, 0.3) is 0 Å². The Morgan fingerprint density at radius 1 is 1.27 bits per heavy atom. The molecule has 13 heteroatoms. The Morgan fingerprint density at radius 3 is 2.82 bits per heavy atom. The van der Waals surface area contributed by atoms with E-state index in [0.29, 0.717) is 59.4 Å². The zero-order chi connectivity index (χ0) is 23.5. The van der Waals surface area contributed by atoms with Crippen LogP contribution >= 0.6 is 0 Å². The SMILES string of the molecule is CCC(=O)N1CCC(Oc2ncnc3c2nc(-c2cnc(OC)c(CN[SH](=O)=O)c2)n3C)C1. The van der Waals surface area contributed by atoms with E-state index in [1.165, 1.54) is 13.4 Å². The Kier molecular flexibility index (Phi) is 6.70. The molecule has 1 saturated heterocycles. The molecule has 1 N–H and O–H groups in total. The smallest absolute Gasteiger partial charge is 0.245 e. The maximum Gasteiger partial charge on any atom is 0.245 e. The number of hydrogen-bond acceptors (Lipinski definition) is 9. The summed E-state index contributed by atoms with van der Waals surface area (Å²) in [4.78, 5) is 31.4. The largest absolute Gasteiger partial charge is 0.481 e. The number of pyridine rings is 1. The van der Waals surface area contributed by atoms with Crippen molar-refractivity contribution in [3.8, 4) is 23.1 Å². The van der Waals surface area contributed by atoms with E-state index in [0.717, 1.165) is 6.42 Å². The molecule has 176 valence electrons. The summed E-state index contributed by atoms with van der Waals surface area (Å²) in [5, 5.41) is 0. The number of amides is 1. The van der Waals surface area contributed by atoms with Crippen molar-refractivity contribution >= 4 is 28.0 Å². The molecule has 1 amide bonds. The molecule has 12 nitrogen and oxygen atoms in total. The molecule has 1 aliphatic rings. The van der Waals surface area contributed by atoms with E-state index in [-0.39, 0.29) is 18.6 Å². The van der Waals surface area contributed by atoms with Crippen LogP contribution in [0.5, 0.6) is 11.8 Å². The average molecular weight is 476 g/mol. The summed E-state index contributed by atoms with van der Waals surface area (Å²) in [6.45, 7) is 3.05. The molecule has 1 atom stereocenters. The van der Waals surface area contributed by atoms with Gasteiger partial charge in [-0.1, -0.05) is 6.92 Å².